The third-order valence-electron chi connectivity index (χ3n) is 5.89. The van der Waals surface area contributed by atoms with Crippen molar-refractivity contribution in [1.82, 2.24) is 15.0 Å². The number of hydrogen-bond acceptors (Lipinski definition) is 1. The standard InChI is InChI=1S/C26H22N4/c1-2-16-11-21-13-19-8-7-17(27-19)12-18-9-10-20(28-18)14-25-22-5-3-4-6-23(22)26(30-25)15-24(16)29-21/h3-15,22,27-29H,2H2,1H3. The van der Waals surface area contributed by atoms with Crippen LogP contribution in [-0.4, -0.2) is 20.7 Å². The zero-order valence-electron chi connectivity index (χ0n) is 16.7. The molecule has 0 spiro atoms. The van der Waals surface area contributed by atoms with Gasteiger partial charge in [0.1, 0.15) is 0 Å². The molecular weight excluding hydrogens is 368 g/mol. The minimum atomic E-state index is 0.198. The molecule has 30 heavy (non-hydrogen) atoms. The van der Waals surface area contributed by atoms with Crippen molar-refractivity contribution in [3.05, 3.63) is 104 Å². The number of hydrogen-bond donors (Lipinski definition) is 3. The molecule has 0 saturated heterocycles. The quantitative estimate of drug-likeness (QED) is 0.569. The minimum Gasteiger partial charge on any atom is -0.355 e. The molecule has 2 aliphatic heterocycles. The zero-order valence-corrected chi connectivity index (χ0v) is 16.7. The molecule has 3 aliphatic rings. The van der Waals surface area contributed by atoms with E-state index < -0.39 is 0 Å². The Morgan fingerprint density at radius 3 is 2.47 bits per heavy atom. The van der Waals surface area contributed by atoms with Gasteiger partial charge in [-0.05, 0) is 72.2 Å². The van der Waals surface area contributed by atoms with Crippen LogP contribution in [0.15, 0.2) is 70.9 Å². The molecule has 0 fully saturated rings. The molecular formula is C26H22N4. The number of allylic oxidation sites excluding steroid dienone is 6. The van der Waals surface area contributed by atoms with E-state index in [9.17, 15) is 0 Å². The average molecular weight is 390 g/mol. The second-order valence-electron chi connectivity index (χ2n) is 7.93. The Balaban J connectivity index is 1.66. The lowest BCUT2D eigenvalue weighted by Gasteiger charge is -2.11. The van der Waals surface area contributed by atoms with Crippen molar-refractivity contribution in [3.63, 3.8) is 0 Å². The lowest BCUT2D eigenvalue weighted by atomic mass is 9.91. The molecule has 0 aromatic carbocycles. The Bertz CT molecular complexity index is 1530. The van der Waals surface area contributed by atoms with Crippen molar-refractivity contribution in [2.24, 2.45) is 10.9 Å². The first-order chi connectivity index (χ1) is 14.7. The van der Waals surface area contributed by atoms with Crippen LogP contribution >= 0.6 is 0 Å². The Kier molecular flexibility index (Phi) is 3.78. The van der Waals surface area contributed by atoms with E-state index in [1.54, 1.807) is 0 Å². The van der Waals surface area contributed by atoms with E-state index in [1.165, 1.54) is 11.1 Å². The van der Waals surface area contributed by atoms with Gasteiger partial charge in [0.25, 0.3) is 0 Å². The maximum absolute atomic E-state index is 5.03. The summed E-state index contributed by atoms with van der Waals surface area (Å²) in [6.45, 7) is 2.19. The van der Waals surface area contributed by atoms with Gasteiger partial charge in [0, 0.05) is 38.7 Å². The first-order valence-corrected chi connectivity index (χ1v) is 10.4. The first kappa shape index (κ1) is 17.1. The van der Waals surface area contributed by atoms with Gasteiger partial charge in [-0.25, -0.2) is 0 Å². The topological polar surface area (TPSA) is 59.7 Å². The molecule has 1 unspecified atom stereocenters. The van der Waals surface area contributed by atoms with Crippen molar-refractivity contribution in [1.29, 1.82) is 0 Å². The monoisotopic (exact) mass is 390 g/mol. The molecule has 0 amide bonds. The molecule has 4 nitrogen and oxygen atoms in total. The first-order valence-electron chi connectivity index (χ1n) is 10.4. The third kappa shape index (κ3) is 2.89. The van der Waals surface area contributed by atoms with Crippen LogP contribution in [-0.2, 0) is 6.42 Å². The number of aryl methyl sites for hydroxylation is 1. The summed E-state index contributed by atoms with van der Waals surface area (Å²) < 4.78 is 0. The van der Waals surface area contributed by atoms with Crippen molar-refractivity contribution in [2.45, 2.75) is 13.3 Å². The smallest absolute Gasteiger partial charge is 0.0696 e. The molecule has 1 aliphatic carbocycles. The summed E-state index contributed by atoms with van der Waals surface area (Å²) in [4.78, 5) is 15.6. The summed E-state index contributed by atoms with van der Waals surface area (Å²) >= 11 is 0. The molecule has 3 aromatic heterocycles. The number of nitrogens with one attached hydrogen (secondary N) is 3. The Morgan fingerprint density at radius 2 is 1.63 bits per heavy atom. The predicted molar refractivity (Wildman–Crippen MR) is 123 cm³/mol. The molecule has 3 aromatic rings. The predicted octanol–water partition coefficient (Wildman–Crippen LogP) is 1.92. The highest BCUT2D eigenvalue weighted by Crippen LogP contribution is 2.32. The van der Waals surface area contributed by atoms with E-state index in [-0.39, 0.29) is 5.92 Å². The van der Waals surface area contributed by atoms with Gasteiger partial charge in [-0.3, -0.25) is 4.99 Å². The highest BCUT2D eigenvalue weighted by atomic mass is 14.8. The fraction of sp³-hybridized carbons (Fsp3) is 0.115. The minimum absolute atomic E-state index is 0.198. The summed E-state index contributed by atoms with van der Waals surface area (Å²) in [7, 11) is 0. The van der Waals surface area contributed by atoms with Crippen LogP contribution in [0.5, 0.6) is 0 Å². The van der Waals surface area contributed by atoms with Crippen LogP contribution in [0.4, 0.5) is 0 Å². The lowest BCUT2D eigenvalue weighted by Crippen LogP contribution is -2.15. The molecule has 4 heteroatoms. The normalized spacial score (nSPS) is 18.8. The van der Waals surface area contributed by atoms with Crippen molar-refractivity contribution in [2.75, 3.05) is 0 Å². The van der Waals surface area contributed by atoms with Crippen LogP contribution in [0, 0.1) is 5.92 Å². The Labute approximate surface area is 173 Å². The van der Waals surface area contributed by atoms with Crippen molar-refractivity contribution in [3.8, 4) is 0 Å². The van der Waals surface area contributed by atoms with E-state index in [2.05, 4.69) is 101 Å². The molecule has 0 saturated carbocycles. The SMILES string of the molecule is CCc1cc2[nH]c1=CC1=C3C=CC=CC3C(=N1)C=c1ccc([nH]1)=Cc1ccc([nH]1)C=2. The highest BCUT2D eigenvalue weighted by molar-refractivity contribution is 6.16. The van der Waals surface area contributed by atoms with Gasteiger partial charge in [-0.15, -0.1) is 0 Å². The number of aliphatic imine (C=N–C) groups is 1. The fourth-order valence-corrected chi connectivity index (χ4v) is 4.42. The second-order valence-corrected chi connectivity index (χ2v) is 7.93. The van der Waals surface area contributed by atoms with Gasteiger partial charge < -0.3 is 15.0 Å². The van der Waals surface area contributed by atoms with Gasteiger partial charge >= 0.3 is 0 Å². The summed E-state index contributed by atoms with van der Waals surface area (Å²) in [5.41, 5.74) is 6.79. The van der Waals surface area contributed by atoms with E-state index in [4.69, 9.17) is 4.99 Å². The maximum Gasteiger partial charge on any atom is 0.0696 e. The summed E-state index contributed by atoms with van der Waals surface area (Å²) in [6, 6.07) is 10.7. The van der Waals surface area contributed by atoms with Crippen LogP contribution < -0.4 is 21.4 Å². The summed E-state index contributed by atoms with van der Waals surface area (Å²) in [5, 5.41) is 4.35. The maximum atomic E-state index is 5.03. The van der Waals surface area contributed by atoms with Gasteiger partial charge in [-0.1, -0.05) is 31.2 Å². The molecule has 6 rings (SSSR count). The average Bonchev–Trinajstić information content (AvgIpc) is 3.52. The Hall–Kier alpha value is -3.79. The molecule has 3 N–H and O–H groups in total. The lowest BCUT2D eigenvalue weighted by molar-refractivity contribution is 1.08. The third-order valence-corrected chi connectivity index (χ3v) is 5.89. The van der Waals surface area contributed by atoms with Crippen LogP contribution in [0.3, 0.4) is 0 Å². The van der Waals surface area contributed by atoms with E-state index >= 15 is 0 Å². The largest absolute Gasteiger partial charge is 0.355 e. The Morgan fingerprint density at radius 1 is 0.833 bits per heavy atom. The zero-order chi connectivity index (χ0) is 20.1. The number of rotatable bonds is 1. The van der Waals surface area contributed by atoms with E-state index in [1.807, 2.05) is 0 Å². The summed E-state index contributed by atoms with van der Waals surface area (Å²) in [6.07, 6.45) is 18.2. The van der Waals surface area contributed by atoms with E-state index in [0.717, 1.165) is 50.6 Å². The number of fused-ring (bicyclic) bond motifs is 9. The van der Waals surface area contributed by atoms with Crippen LogP contribution in [0.25, 0.3) is 24.3 Å². The molecule has 1 atom stereocenters. The van der Waals surface area contributed by atoms with Crippen LogP contribution in [0.1, 0.15) is 23.9 Å². The van der Waals surface area contributed by atoms with Gasteiger partial charge in [0.2, 0.25) is 0 Å². The highest BCUT2D eigenvalue weighted by Gasteiger charge is 2.25. The number of nitrogens with zero attached hydrogens (tertiary/aromatic N) is 1. The van der Waals surface area contributed by atoms with E-state index in [0.29, 0.717) is 0 Å². The molecule has 5 heterocycles. The van der Waals surface area contributed by atoms with Gasteiger partial charge in [0.15, 0.2) is 0 Å². The molecule has 146 valence electrons. The molecule has 0 radical (unpaired) electrons. The van der Waals surface area contributed by atoms with Crippen molar-refractivity contribution < 1.29 is 0 Å². The summed E-state index contributed by atoms with van der Waals surface area (Å²) in [5.74, 6) is 0.198. The van der Waals surface area contributed by atoms with Gasteiger partial charge in [-0.2, -0.15) is 0 Å². The second kappa shape index (κ2) is 6.63. The van der Waals surface area contributed by atoms with Crippen molar-refractivity contribution >= 4 is 30.0 Å². The number of aromatic amines is 3. The number of H-pyrrole nitrogens is 3. The van der Waals surface area contributed by atoms with Crippen LogP contribution in [0.2, 0.25) is 0 Å². The fourth-order valence-electron chi connectivity index (χ4n) is 4.42. The molecule has 8 bridgehead atoms. The number of aromatic nitrogens is 3. The van der Waals surface area contributed by atoms with Gasteiger partial charge in [0.05, 0.1) is 11.4 Å².